The Hall–Kier alpha value is -1.87. The van der Waals surface area contributed by atoms with Gasteiger partial charge in [-0.3, -0.25) is 4.79 Å². The third-order valence-corrected chi connectivity index (χ3v) is 4.24. The van der Waals surface area contributed by atoms with E-state index < -0.39 is 0 Å². The first-order valence-corrected chi connectivity index (χ1v) is 7.69. The Morgan fingerprint density at radius 3 is 2.25 bits per heavy atom. The molecule has 0 saturated heterocycles. The normalized spacial score (nSPS) is 10.3. The molecular weight excluding hydrogens is 268 g/mol. The molecule has 1 N–H and O–H groups in total. The molecule has 2 aromatic carbocycles. The average Bonchev–Trinajstić information content (AvgIpc) is 2.48. The molecule has 1 heterocycles. The number of hydrogen-bond donors (Lipinski definition) is 1. The summed E-state index contributed by atoms with van der Waals surface area (Å²) >= 11 is 1.55. The molecule has 0 radical (unpaired) electrons. The van der Waals surface area contributed by atoms with Crippen LogP contribution in [0.4, 0.5) is 0 Å². The van der Waals surface area contributed by atoms with Crippen molar-refractivity contribution >= 4 is 31.5 Å². The number of phenolic OH excluding ortho intramolecular Hbond substituents is 1. The van der Waals surface area contributed by atoms with Crippen LogP contribution in [0, 0.1) is 0 Å². The van der Waals surface area contributed by atoms with E-state index in [1.54, 1.807) is 29.5 Å². The van der Waals surface area contributed by atoms with E-state index in [9.17, 15) is 9.90 Å². The van der Waals surface area contributed by atoms with Crippen LogP contribution in [0.2, 0.25) is 0 Å². The summed E-state index contributed by atoms with van der Waals surface area (Å²) in [5.41, 5.74) is 1.26. The maximum absolute atomic E-state index is 12.3. The highest BCUT2D eigenvalue weighted by molar-refractivity contribution is 7.24. The minimum Gasteiger partial charge on any atom is -0.508 e. The fraction of sp³-hybridized carbons (Fsp3) is 0.235. The van der Waals surface area contributed by atoms with Crippen molar-refractivity contribution in [2.24, 2.45) is 0 Å². The molecule has 0 unspecified atom stereocenters. The fourth-order valence-corrected chi connectivity index (χ4v) is 3.27. The van der Waals surface area contributed by atoms with Crippen LogP contribution >= 0.6 is 11.3 Å². The molecule has 0 spiro atoms. The van der Waals surface area contributed by atoms with Gasteiger partial charge in [-0.05, 0) is 42.3 Å². The van der Waals surface area contributed by atoms with Crippen molar-refractivity contribution in [3.8, 4) is 5.75 Å². The molecule has 3 aromatic rings. The third kappa shape index (κ3) is 2.54. The lowest BCUT2D eigenvalue weighted by molar-refractivity contribution is 0.476. The predicted octanol–water partition coefficient (Wildman–Crippen LogP) is 4.71. The number of aryl methyl sites for hydroxylation is 1. The van der Waals surface area contributed by atoms with Crippen molar-refractivity contribution in [2.75, 3.05) is 0 Å². The van der Waals surface area contributed by atoms with Crippen molar-refractivity contribution in [1.82, 2.24) is 0 Å². The maximum atomic E-state index is 12.3. The summed E-state index contributed by atoms with van der Waals surface area (Å²) in [6, 6.07) is 10.9. The zero-order valence-electron chi connectivity index (χ0n) is 11.9. The molecule has 0 aliphatic heterocycles. The largest absolute Gasteiger partial charge is 0.508 e. The SMILES string of the molecule is CC.CCc1ccc2c(=O)c3ccc(O)cc3sc2c1. The number of hydrogen-bond acceptors (Lipinski definition) is 3. The van der Waals surface area contributed by atoms with Crippen LogP contribution in [0.1, 0.15) is 26.3 Å². The summed E-state index contributed by atoms with van der Waals surface area (Å²) < 4.78 is 1.82. The standard InChI is InChI=1S/C15H12O2S.C2H6/c1-2-9-3-5-11-13(7-9)18-14-8-10(16)4-6-12(14)15(11)17;1-2/h3-8,16H,2H2,1H3;1-2H3. The molecule has 3 heteroatoms. The van der Waals surface area contributed by atoms with Gasteiger partial charge in [0.1, 0.15) is 5.75 Å². The lowest BCUT2D eigenvalue weighted by atomic mass is 10.1. The fourth-order valence-electron chi connectivity index (χ4n) is 2.11. The van der Waals surface area contributed by atoms with Crippen LogP contribution in [0.5, 0.6) is 5.75 Å². The summed E-state index contributed by atoms with van der Waals surface area (Å²) in [6.45, 7) is 6.09. The van der Waals surface area contributed by atoms with Gasteiger partial charge in [0, 0.05) is 20.2 Å². The molecule has 0 bridgehead atoms. The quantitative estimate of drug-likeness (QED) is 0.658. The van der Waals surface area contributed by atoms with E-state index in [-0.39, 0.29) is 11.2 Å². The number of benzene rings is 2. The van der Waals surface area contributed by atoms with Gasteiger partial charge in [-0.1, -0.05) is 26.8 Å². The van der Waals surface area contributed by atoms with Crippen LogP contribution in [0.15, 0.2) is 41.2 Å². The van der Waals surface area contributed by atoms with Crippen LogP contribution in [-0.2, 0) is 6.42 Å². The lowest BCUT2D eigenvalue weighted by Gasteiger charge is -2.03. The third-order valence-electron chi connectivity index (χ3n) is 3.13. The first-order valence-electron chi connectivity index (χ1n) is 6.87. The molecule has 20 heavy (non-hydrogen) atoms. The van der Waals surface area contributed by atoms with Crippen LogP contribution < -0.4 is 5.43 Å². The van der Waals surface area contributed by atoms with E-state index in [1.165, 1.54) is 5.56 Å². The first-order chi connectivity index (χ1) is 9.69. The predicted molar refractivity (Wildman–Crippen MR) is 88.0 cm³/mol. The van der Waals surface area contributed by atoms with E-state index in [0.29, 0.717) is 5.39 Å². The van der Waals surface area contributed by atoms with Gasteiger partial charge in [-0.15, -0.1) is 11.3 Å². The smallest absolute Gasteiger partial charge is 0.195 e. The summed E-state index contributed by atoms with van der Waals surface area (Å²) in [6.07, 6.45) is 0.953. The highest BCUT2D eigenvalue weighted by Gasteiger charge is 2.06. The molecule has 0 fully saturated rings. The Labute approximate surface area is 122 Å². The maximum Gasteiger partial charge on any atom is 0.195 e. The molecule has 0 aliphatic rings. The van der Waals surface area contributed by atoms with E-state index in [0.717, 1.165) is 21.2 Å². The Bertz CT molecular complexity index is 803. The van der Waals surface area contributed by atoms with Gasteiger partial charge in [0.15, 0.2) is 5.43 Å². The second kappa shape index (κ2) is 6.06. The molecule has 1 aromatic heterocycles. The number of fused-ring (bicyclic) bond motifs is 2. The summed E-state index contributed by atoms with van der Waals surface area (Å²) in [5, 5.41) is 10.9. The zero-order valence-corrected chi connectivity index (χ0v) is 12.8. The highest BCUT2D eigenvalue weighted by Crippen LogP contribution is 2.27. The van der Waals surface area contributed by atoms with Crippen molar-refractivity contribution in [3.05, 3.63) is 52.2 Å². The van der Waals surface area contributed by atoms with E-state index in [1.807, 2.05) is 26.0 Å². The summed E-state index contributed by atoms with van der Waals surface area (Å²) in [5.74, 6) is 0.198. The summed E-state index contributed by atoms with van der Waals surface area (Å²) in [4.78, 5) is 12.3. The molecular formula is C17H18O2S. The Kier molecular flexibility index (Phi) is 4.40. The molecule has 0 atom stereocenters. The van der Waals surface area contributed by atoms with Crippen molar-refractivity contribution in [1.29, 1.82) is 0 Å². The van der Waals surface area contributed by atoms with Crippen molar-refractivity contribution in [2.45, 2.75) is 27.2 Å². The Morgan fingerprint density at radius 2 is 1.60 bits per heavy atom. The van der Waals surface area contributed by atoms with Gasteiger partial charge in [0.05, 0.1) is 0 Å². The van der Waals surface area contributed by atoms with Gasteiger partial charge in [0.25, 0.3) is 0 Å². The second-order valence-electron chi connectivity index (χ2n) is 4.30. The van der Waals surface area contributed by atoms with Gasteiger partial charge in [0.2, 0.25) is 0 Å². The van der Waals surface area contributed by atoms with E-state index >= 15 is 0 Å². The average molecular weight is 286 g/mol. The Balaban J connectivity index is 0.000000704. The zero-order chi connectivity index (χ0) is 14.7. The second-order valence-corrected chi connectivity index (χ2v) is 5.38. The van der Waals surface area contributed by atoms with Gasteiger partial charge >= 0.3 is 0 Å². The molecule has 0 amide bonds. The van der Waals surface area contributed by atoms with Crippen molar-refractivity contribution in [3.63, 3.8) is 0 Å². The number of rotatable bonds is 1. The summed E-state index contributed by atoms with van der Waals surface area (Å²) in [7, 11) is 0. The topological polar surface area (TPSA) is 37.3 Å². The van der Waals surface area contributed by atoms with Gasteiger partial charge < -0.3 is 5.11 Å². The van der Waals surface area contributed by atoms with E-state index in [2.05, 4.69) is 13.0 Å². The van der Waals surface area contributed by atoms with E-state index in [4.69, 9.17) is 0 Å². The molecule has 0 aliphatic carbocycles. The van der Waals surface area contributed by atoms with Crippen LogP contribution in [0.25, 0.3) is 20.2 Å². The van der Waals surface area contributed by atoms with Gasteiger partial charge in [-0.25, -0.2) is 0 Å². The molecule has 3 rings (SSSR count). The van der Waals surface area contributed by atoms with Crippen LogP contribution in [0.3, 0.4) is 0 Å². The van der Waals surface area contributed by atoms with Crippen molar-refractivity contribution < 1.29 is 5.11 Å². The minimum atomic E-state index is 0.0430. The highest BCUT2D eigenvalue weighted by atomic mass is 32.1. The molecule has 0 saturated carbocycles. The lowest BCUT2D eigenvalue weighted by Crippen LogP contribution is -2.00. The number of aromatic hydroxyl groups is 1. The first kappa shape index (κ1) is 14.5. The Morgan fingerprint density at radius 1 is 1.00 bits per heavy atom. The van der Waals surface area contributed by atoms with Gasteiger partial charge in [-0.2, -0.15) is 0 Å². The molecule has 104 valence electrons. The minimum absolute atomic E-state index is 0.0430. The van der Waals surface area contributed by atoms with Crippen LogP contribution in [-0.4, -0.2) is 5.11 Å². The molecule has 2 nitrogen and oxygen atoms in total. The number of phenols is 1. The monoisotopic (exact) mass is 286 g/mol.